The van der Waals surface area contributed by atoms with Gasteiger partial charge in [0.05, 0.1) is 19.7 Å². The Morgan fingerprint density at radius 3 is 2.69 bits per heavy atom. The fourth-order valence-electron chi connectivity index (χ4n) is 4.91. The molecule has 0 N–H and O–H groups in total. The SMILES string of the molecule is CN1CCOc2ccccc2CCCCC2(CN(C(=O)c3csc(-c4ccccc4)n3)CCO2)C1=O. The Morgan fingerprint density at radius 1 is 1.03 bits per heavy atom. The molecule has 1 unspecified atom stereocenters. The Bertz CT molecular complexity index is 1210. The summed E-state index contributed by atoms with van der Waals surface area (Å²) in [5, 5.41) is 2.61. The van der Waals surface area contributed by atoms with Crippen LogP contribution in [-0.4, -0.2) is 72.1 Å². The van der Waals surface area contributed by atoms with E-state index in [0.29, 0.717) is 38.4 Å². The van der Waals surface area contributed by atoms with Crippen LogP contribution in [0.5, 0.6) is 5.75 Å². The van der Waals surface area contributed by atoms with Crippen molar-refractivity contribution in [2.24, 2.45) is 0 Å². The van der Waals surface area contributed by atoms with Crippen molar-refractivity contribution in [1.29, 1.82) is 0 Å². The van der Waals surface area contributed by atoms with Crippen LogP contribution in [0.1, 0.15) is 35.3 Å². The van der Waals surface area contributed by atoms with E-state index < -0.39 is 5.60 Å². The molecule has 188 valence electrons. The van der Waals surface area contributed by atoms with Crippen molar-refractivity contribution in [3.63, 3.8) is 0 Å². The molecule has 0 bridgehead atoms. The number of aromatic nitrogens is 1. The number of fused-ring (bicyclic) bond motifs is 1. The van der Waals surface area contributed by atoms with Gasteiger partial charge in [-0.1, -0.05) is 48.5 Å². The van der Waals surface area contributed by atoms with E-state index in [2.05, 4.69) is 11.1 Å². The number of aryl methyl sites for hydroxylation is 1. The highest BCUT2D eigenvalue weighted by molar-refractivity contribution is 7.13. The molecule has 3 heterocycles. The molecule has 0 aliphatic carbocycles. The number of likely N-dealkylation sites (N-methyl/N-ethyl adjacent to an activating group) is 1. The van der Waals surface area contributed by atoms with Gasteiger partial charge in [0, 0.05) is 24.5 Å². The first-order valence-corrected chi connectivity index (χ1v) is 13.3. The maximum absolute atomic E-state index is 13.7. The van der Waals surface area contributed by atoms with E-state index >= 15 is 0 Å². The molecule has 0 saturated carbocycles. The predicted octanol–water partition coefficient (Wildman–Crippen LogP) is 4.29. The Hall–Kier alpha value is -3.23. The molecule has 2 amide bonds. The minimum atomic E-state index is -1.06. The Balaban J connectivity index is 1.33. The first kappa shape index (κ1) is 24.5. The van der Waals surface area contributed by atoms with E-state index in [-0.39, 0.29) is 18.4 Å². The second kappa shape index (κ2) is 10.8. The summed E-state index contributed by atoms with van der Waals surface area (Å²) in [6.45, 7) is 1.83. The van der Waals surface area contributed by atoms with Crippen molar-refractivity contribution < 1.29 is 19.1 Å². The summed E-state index contributed by atoms with van der Waals surface area (Å²) in [6, 6.07) is 17.9. The van der Waals surface area contributed by atoms with Crippen LogP contribution in [0.2, 0.25) is 0 Å². The van der Waals surface area contributed by atoms with Crippen molar-refractivity contribution in [2.45, 2.75) is 31.3 Å². The molecule has 0 radical (unpaired) electrons. The summed E-state index contributed by atoms with van der Waals surface area (Å²) in [5.41, 5.74) is 1.52. The van der Waals surface area contributed by atoms with Gasteiger partial charge in [-0.2, -0.15) is 0 Å². The summed E-state index contributed by atoms with van der Waals surface area (Å²) < 4.78 is 12.2. The number of ether oxygens (including phenoxy) is 2. The third kappa shape index (κ3) is 5.15. The molecule has 1 saturated heterocycles. The van der Waals surface area contributed by atoms with Crippen LogP contribution in [0.15, 0.2) is 60.0 Å². The average molecular weight is 506 g/mol. The zero-order valence-corrected chi connectivity index (χ0v) is 21.3. The van der Waals surface area contributed by atoms with Gasteiger partial charge in [-0.15, -0.1) is 11.3 Å². The molecule has 1 fully saturated rings. The van der Waals surface area contributed by atoms with Crippen molar-refractivity contribution in [3.8, 4) is 16.3 Å². The van der Waals surface area contributed by atoms with Crippen LogP contribution in [-0.2, 0) is 16.0 Å². The predicted molar refractivity (Wildman–Crippen MR) is 139 cm³/mol. The zero-order valence-electron chi connectivity index (χ0n) is 20.5. The number of amides is 2. The van der Waals surface area contributed by atoms with E-state index in [9.17, 15) is 9.59 Å². The molecule has 1 aromatic heterocycles. The van der Waals surface area contributed by atoms with Crippen LogP contribution >= 0.6 is 11.3 Å². The molecule has 7 nitrogen and oxygen atoms in total. The number of benzene rings is 2. The summed E-state index contributed by atoms with van der Waals surface area (Å²) in [7, 11) is 1.78. The molecule has 2 aliphatic rings. The minimum Gasteiger partial charge on any atom is -0.491 e. The Labute approximate surface area is 215 Å². The number of hydrogen-bond donors (Lipinski definition) is 0. The molecule has 3 aromatic rings. The fourth-order valence-corrected chi connectivity index (χ4v) is 5.71. The first-order chi connectivity index (χ1) is 17.6. The largest absolute Gasteiger partial charge is 0.491 e. The van der Waals surface area contributed by atoms with E-state index in [4.69, 9.17) is 9.47 Å². The quantitative estimate of drug-likeness (QED) is 0.520. The molecule has 2 aliphatic heterocycles. The van der Waals surface area contributed by atoms with Crippen LogP contribution in [0.3, 0.4) is 0 Å². The maximum atomic E-state index is 13.7. The number of rotatable bonds is 2. The van der Waals surface area contributed by atoms with Gasteiger partial charge < -0.3 is 19.3 Å². The van der Waals surface area contributed by atoms with E-state index in [1.54, 1.807) is 22.2 Å². The van der Waals surface area contributed by atoms with E-state index in [0.717, 1.165) is 35.6 Å². The van der Waals surface area contributed by atoms with E-state index in [1.807, 2.05) is 48.5 Å². The molecule has 36 heavy (non-hydrogen) atoms. The summed E-state index contributed by atoms with van der Waals surface area (Å²) in [4.78, 5) is 35.1. The van der Waals surface area contributed by atoms with Crippen LogP contribution in [0, 0.1) is 0 Å². The maximum Gasteiger partial charge on any atom is 0.273 e. The standard InChI is InChI=1S/C28H31N3O4S/c1-30-15-17-34-24-13-6-5-9-21(24)10-7-8-14-28(27(30)33)20-31(16-18-35-28)26(32)23-19-36-25(29-23)22-11-3-2-4-12-22/h2-6,9,11-13,19H,7-8,10,14-18,20H2,1H3. The highest BCUT2D eigenvalue weighted by Gasteiger charge is 2.46. The van der Waals surface area contributed by atoms with Gasteiger partial charge >= 0.3 is 0 Å². The lowest BCUT2D eigenvalue weighted by molar-refractivity contribution is -0.169. The number of carbonyl (C=O) groups excluding carboxylic acids is 2. The van der Waals surface area contributed by atoms with Gasteiger partial charge in [-0.25, -0.2) is 4.98 Å². The van der Waals surface area contributed by atoms with Gasteiger partial charge in [-0.3, -0.25) is 9.59 Å². The summed E-state index contributed by atoms with van der Waals surface area (Å²) in [5.74, 6) is 0.633. The zero-order chi connectivity index (χ0) is 25.0. The first-order valence-electron chi connectivity index (χ1n) is 12.5. The summed E-state index contributed by atoms with van der Waals surface area (Å²) >= 11 is 1.45. The molecular formula is C28H31N3O4S. The fraction of sp³-hybridized carbons (Fsp3) is 0.393. The third-order valence-electron chi connectivity index (χ3n) is 6.89. The average Bonchev–Trinajstić information content (AvgIpc) is 3.41. The van der Waals surface area contributed by atoms with Gasteiger partial charge in [0.15, 0.2) is 5.60 Å². The number of carbonyl (C=O) groups is 2. The molecular weight excluding hydrogens is 474 g/mol. The Morgan fingerprint density at radius 2 is 1.83 bits per heavy atom. The molecule has 1 spiro atoms. The number of thiazole rings is 1. The second-order valence-electron chi connectivity index (χ2n) is 9.36. The monoisotopic (exact) mass is 505 g/mol. The molecule has 8 heteroatoms. The van der Waals surface area contributed by atoms with Gasteiger partial charge in [-0.05, 0) is 37.3 Å². The van der Waals surface area contributed by atoms with Gasteiger partial charge in [0.2, 0.25) is 0 Å². The van der Waals surface area contributed by atoms with Crippen LogP contribution in [0.4, 0.5) is 0 Å². The van der Waals surface area contributed by atoms with Crippen molar-refractivity contribution in [2.75, 3.05) is 39.9 Å². The van der Waals surface area contributed by atoms with Gasteiger partial charge in [0.25, 0.3) is 11.8 Å². The number of morpholine rings is 1. The number of hydrogen-bond acceptors (Lipinski definition) is 6. The second-order valence-corrected chi connectivity index (χ2v) is 10.2. The van der Waals surface area contributed by atoms with Crippen molar-refractivity contribution in [1.82, 2.24) is 14.8 Å². The topological polar surface area (TPSA) is 72.0 Å². The van der Waals surface area contributed by atoms with E-state index in [1.165, 1.54) is 16.9 Å². The highest BCUT2D eigenvalue weighted by Crippen LogP contribution is 2.31. The lowest BCUT2D eigenvalue weighted by atomic mass is 9.91. The highest BCUT2D eigenvalue weighted by atomic mass is 32.1. The van der Waals surface area contributed by atoms with Crippen LogP contribution < -0.4 is 4.74 Å². The normalized spacial score (nSPS) is 21.3. The molecule has 5 rings (SSSR count). The molecule has 1 atom stereocenters. The minimum absolute atomic E-state index is 0.0966. The van der Waals surface area contributed by atoms with Crippen molar-refractivity contribution in [3.05, 3.63) is 71.2 Å². The Kier molecular flexibility index (Phi) is 7.34. The van der Waals surface area contributed by atoms with Gasteiger partial charge in [0.1, 0.15) is 23.1 Å². The third-order valence-corrected chi connectivity index (χ3v) is 7.78. The molecule has 2 aromatic carbocycles. The van der Waals surface area contributed by atoms with Crippen molar-refractivity contribution >= 4 is 23.2 Å². The smallest absolute Gasteiger partial charge is 0.273 e. The van der Waals surface area contributed by atoms with Crippen LogP contribution in [0.25, 0.3) is 10.6 Å². The number of para-hydroxylation sites is 1. The number of nitrogens with zero attached hydrogens (tertiary/aromatic N) is 3. The summed E-state index contributed by atoms with van der Waals surface area (Å²) in [6.07, 6.45) is 3.16. The lowest BCUT2D eigenvalue weighted by Gasteiger charge is -2.43. The lowest BCUT2D eigenvalue weighted by Crippen LogP contribution is -2.61.